The van der Waals surface area contributed by atoms with Crippen LogP contribution in [-0.2, 0) is 6.61 Å². The van der Waals surface area contributed by atoms with Gasteiger partial charge in [-0.3, -0.25) is 0 Å². The predicted octanol–water partition coefficient (Wildman–Crippen LogP) is 3.74. The number of aryl methyl sites for hydroxylation is 2. The summed E-state index contributed by atoms with van der Waals surface area (Å²) in [5, 5.41) is 0. The van der Waals surface area contributed by atoms with Gasteiger partial charge in [-0.05, 0) is 55.3 Å². The molecule has 2 aromatic rings. The molecule has 4 heteroatoms. The monoisotopic (exact) mass is 263 g/mol. The third kappa shape index (κ3) is 3.02. The molecule has 0 saturated carbocycles. The molecule has 2 aromatic carbocycles. The van der Waals surface area contributed by atoms with E-state index in [-0.39, 0.29) is 12.2 Å². The number of ether oxygens (including phenoxy) is 1. The Morgan fingerprint density at radius 3 is 2.53 bits per heavy atom. The number of rotatable bonds is 3. The van der Waals surface area contributed by atoms with Crippen LogP contribution in [0.2, 0.25) is 0 Å². The average molecular weight is 263 g/mol. The van der Waals surface area contributed by atoms with Gasteiger partial charge in [-0.2, -0.15) is 0 Å². The van der Waals surface area contributed by atoms with Crippen molar-refractivity contribution in [1.29, 1.82) is 0 Å². The van der Waals surface area contributed by atoms with Gasteiger partial charge < -0.3 is 10.5 Å². The smallest absolute Gasteiger partial charge is 0.130 e. The van der Waals surface area contributed by atoms with Gasteiger partial charge in [-0.1, -0.05) is 0 Å². The second-order valence-corrected chi connectivity index (χ2v) is 4.50. The van der Waals surface area contributed by atoms with Crippen LogP contribution >= 0.6 is 0 Å². The fraction of sp³-hybridized carbons (Fsp3) is 0.200. The molecular weight excluding hydrogens is 248 g/mol. The van der Waals surface area contributed by atoms with Crippen LogP contribution in [0.5, 0.6) is 5.75 Å². The largest absolute Gasteiger partial charge is 0.489 e. The Labute approximate surface area is 110 Å². The second kappa shape index (κ2) is 5.26. The van der Waals surface area contributed by atoms with Crippen LogP contribution < -0.4 is 10.5 Å². The van der Waals surface area contributed by atoms with Crippen molar-refractivity contribution in [3.63, 3.8) is 0 Å². The molecule has 0 unspecified atom stereocenters. The van der Waals surface area contributed by atoms with E-state index in [9.17, 15) is 8.78 Å². The van der Waals surface area contributed by atoms with Crippen molar-refractivity contribution in [3.8, 4) is 5.75 Å². The summed E-state index contributed by atoms with van der Waals surface area (Å²) in [6, 6.07) is 6.90. The fourth-order valence-corrected chi connectivity index (χ4v) is 1.78. The Morgan fingerprint density at radius 1 is 1.05 bits per heavy atom. The van der Waals surface area contributed by atoms with Gasteiger partial charge in [0.2, 0.25) is 0 Å². The zero-order valence-corrected chi connectivity index (χ0v) is 10.8. The summed E-state index contributed by atoms with van der Waals surface area (Å²) in [6.07, 6.45) is 0. The minimum Gasteiger partial charge on any atom is -0.489 e. The van der Waals surface area contributed by atoms with Crippen molar-refractivity contribution in [2.75, 3.05) is 5.73 Å². The predicted molar refractivity (Wildman–Crippen MR) is 71.0 cm³/mol. The SMILES string of the molecule is Cc1cc(OCc2cc(F)ccc2F)c(C)cc1N. The minimum absolute atomic E-state index is 0.0200. The molecule has 0 fully saturated rings. The summed E-state index contributed by atoms with van der Waals surface area (Å²) in [5.74, 6) is -0.341. The Balaban J connectivity index is 2.19. The zero-order valence-electron chi connectivity index (χ0n) is 10.8. The lowest BCUT2D eigenvalue weighted by molar-refractivity contribution is 0.297. The number of benzene rings is 2. The summed E-state index contributed by atoms with van der Waals surface area (Å²) in [7, 11) is 0. The van der Waals surface area contributed by atoms with Crippen LogP contribution in [0.3, 0.4) is 0 Å². The topological polar surface area (TPSA) is 35.2 Å². The van der Waals surface area contributed by atoms with E-state index >= 15 is 0 Å². The van der Waals surface area contributed by atoms with Crippen LogP contribution in [0.4, 0.5) is 14.5 Å². The first-order chi connectivity index (χ1) is 8.97. The highest BCUT2D eigenvalue weighted by atomic mass is 19.1. The van der Waals surface area contributed by atoms with E-state index in [0.29, 0.717) is 11.4 Å². The standard InChI is InChI=1S/C15H15F2NO/c1-9-6-15(10(2)5-14(9)18)19-8-11-7-12(16)3-4-13(11)17/h3-7H,8,18H2,1-2H3. The van der Waals surface area contributed by atoms with Crippen molar-refractivity contribution in [1.82, 2.24) is 0 Å². The first kappa shape index (κ1) is 13.3. The lowest BCUT2D eigenvalue weighted by Gasteiger charge is -2.12. The van der Waals surface area contributed by atoms with Crippen molar-refractivity contribution >= 4 is 5.69 Å². The lowest BCUT2D eigenvalue weighted by atomic mass is 10.1. The molecular formula is C15H15F2NO. The molecule has 2 nitrogen and oxygen atoms in total. The van der Waals surface area contributed by atoms with E-state index in [4.69, 9.17) is 10.5 Å². The summed E-state index contributed by atoms with van der Waals surface area (Å²) in [5.41, 5.74) is 8.40. The molecule has 0 bridgehead atoms. The van der Waals surface area contributed by atoms with Crippen LogP contribution in [0.25, 0.3) is 0 Å². The molecule has 2 rings (SSSR count). The highest BCUT2D eigenvalue weighted by Crippen LogP contribution is 2.25. The second-order valence-electron chi connectivity index (χ2n) is 4.50. The van der Waals surface area contributed by atoms with Gasteiger partial charge in [0.15, 0.2) is 0 Å². The van der Waals surface area contributed by atoms with E-state index in [2.05, 4.69) is 0 Å². The van der Waals surface area contributed by atoms with Crippen LogP contribution in [0, 0.1) is 25.5 Å². The fourth-order valence-electron chi connectivity index (χ4n) is 1.78. The first-order valence-electron chi connectivity index (χ1n) is 5.91. The maximum atomic E-state index is 13.4. The number of nitrogens with two attached hydrogens (primary N) is 1. The molecule has 0 aliphatic carbocycles. The molecule has 0 saturated heterocycles. The maximum Gasteiger partial charge on any atom is 0.130 e. The number of hydrogen-bond acceptors (Lipinski definition) is 2. The van der Waals surface area contributed by atoms with Gasteiger partial charge in [0.1, 0.15) is 24.0 Å². The molecule has 0 aliphatic heterocycles. The summed E-state index contributed by atoms with van der Waals surface area (Å²) >= 11 is 0. The number of nitrogen functional groups attached to an aromatic ring is 1. The van der Waals surface area contributed by atoms with Crippen molar-refractivity contribution in [3.05, 3.63) is 58.7 Å². The Morgan fingerprint density at radius 2 is 1.79 bits per heavy atom. The van der Waals surface area contributed by atoms with E-state index < -0.39 is 11.6 Å². The Hall–Kier alpha value is -2.10. The maximum absolute atomic E-state index is 13.4. The van der Waals surface area contributed by atoms with Crippen molar-refractivity contribution in [2.24, 2.45) is 0 Å². The van der Waals surface area contributed by atoms with E-state index in [1.165, 1.54) is 0 Å². The number of anilines is 1. The van der Waals surface area contributed by atoms with Crippen LogP contribution in [-0.4, -0.2) is 0 Å². The van der Waals surface area contributed by atoms with Crippen LogP contribution in [0.15, 0.2) is 30.3 Å². The summed E-state index contributed by atoms with van der Waals surface area (Å²) in [6.45, 7) is 3.70. The summed E-state index contributed by atoms with van der Waals surface area (Å²) < 4.78 is 32.0. The Kier molecular flexibility index (Phi) is 3.69. The van der Waals surface area contributed by atoms with E-state index in [1.54, 1.807) is 12.1 Å². The first-order valence-corrected chi connectivity index (χ1v) is 5.91. The molecule has 0 atom stereocenters. The van der Waals surface area contributed by atoms with Crippen LogP contribution in [0.1, 0.15) is 16.7 Å². The van der Waals surface area contributed by atoms with Gasteiger partial charge >= 0.3 is 0 Å². The highest BCUT2D eigenvalue weighted by Gasteiger charge is 2.07. The van der Waals surface area contributed by atoms with Crippen molar-refractivity contribution in [2.45, 2.75) is 20.5 Å². The van der Waals surface area contributed by atoms with Gasteiger partial charge in [0.05, 0.1) is 0 Å². The molecule has 0 aromatic heterocycles. The molecule has 0 heterocycles. The van der Waals surface area contributed by atoms with Gasteiger partial charge in [-0.25, -0.2) is 8.78 Å². The highest BCUT2D eigenvalue weighted by molar-refractivity contribution is 5.53. The molecule has 2 N–H and O–H groups in total. The zero-order chi connectivity index (χ0) is 14.0. The normalized spacial score (nSPS) is 10.5. The number of hydrogen-bond donors (Lipinski definition) is 1. The van der Waals surface area contributed by atoms with Gasteiger partial charge in [0.25, 0.3) is 0 Å². The molecule has 100 valence electrons. The third-order valence-electron chi connectivity index (χ3n) is 2.95. The van der Waals surface area contributed by atoms with Gasteiger partial charge in [0, 0.05) is 11.3 Å². The summed E-state index contributed by atoms with van der Waals surface area (Å²) in [4.78, 5) is 0. The minimum atomic E-state index is -0.481. The molecule has 19 heavy (non-hydrogen) atoms. The molecule has 0 spiro atoms. The Bertz CT molecular complexity index is 611. The van der Waals surface area contributed by atoms with E-state index in [0.717, 1.165) is 29.3 Å². The average Bonchev–Trinajstić information content (AvgIpc) is 2.36. The molecule has 0 radical (unpaired) electrons. The van der Waals surface area contributed by atoms with Crippen molar-refractivity contribution < 1.29 is 13.5 Å². The molecule has 0 aliphatic rings. The quantitative estimate of drug-likeness (QED) is 0.856. The van der Waals surface area contributed by atoms with E-state index in [1.807, 2.05) is 13.8 Å². The number of halogens is 2. The van der Waals surface area contributed by atoms with Gasteiger partial charge in [-0.15, -0.1) is 0 Å². The third-order valence-corrected chi connectivity index (χ3v) is 2.95. The molecule has 0 amide bonds. The lowest BCUT2D eigenvalue weighted by Crippen LogP contribution is -2.01.